The molecule has 0 aliphatic heterocycles. The van der Waals surface area contributed by atoms with Crippen LogP contribution in [-0.2, 0) is 16.6 Å². The van der Waals surface area contributed by atoms with Gasteiger partial charge in [-0.05, 0) is 50.0 Å². The summed E-state index contributed by atoms with van der Waals surface area (Å²) in [6.07, 6.45) is 1.52. The second-order valence-electron chi connectivity index (χ2n) is 7.52. The first kappa shape index (κ1) is 24.7. The standard InChI is InChI=1S/C22H23ClF2N4O3S/c1-29(2)9-10-33(30,31)28-16-5-3-14(4-6-16)15-11-20(22(26)27-12-15)32-13-17-18(24)7-8-19(25)21(17)23/h3-8,11-12,28H,9-10,13H2,1-2H3,(H2,26,27). The van der Waals surface area contributed by atoms with Gasteiger partial charge in [0.15, 0.2) is 11.6 Å². The predicted molar refractivity (Wildman–Crippen MR) is 126 cm³/mol. The normalized spacial score (nSPS) is 11.6. The molecule has 0 spiro atoms. The monoisotopic (exact) mass is 496 g/mol. The molecular formula is C22H23ClF2N4O3S. The number of hydrogen-bond acceptors (Lipinski definition) is 6. The highest BCUT2D eigenvalue weighted by Gasteiger charge is 2.15. The minimum absolute atomic E-state index is 0.0275. The van der Waals surface area contributed by atoms with Crippen molar-refractivity contribution >= 4 is 33.1 Å². The molecule has 176 valence electrons. The lowest BCUT2D eigenvalue weighted by molar-refractivity contribution is 0.300. The third kappa shape index (κ3) is 6.53. The number of nitrogen functional groups attached to an aromatic ring is 1. The van der Waals surface area contributed by atoms with E-state index < -0.39 is 21.7 Å². The Hall–Kier alpha value is -2.95. The van der Waals surface area contributed by atoms with Gasteiger partial charge in [0.25, 0.3) is 0 Å². The summed E-state index contributed by atoms with van der Waals surface area (Å²) < 4.78 is 60.0. The van der Waals surface area contributed by atoms with Crippen molar-refractivity contribution < 1.29 is 21.9 Å². The summed E-state index contributed by atoms with van der Waals surface area (Å²) in [4.78, 5) is 5.87. The van der Waals surface area contributed by atoms with Gasteiger partial charge in [-0.2, -0.15) is 0 Å². The molecule has 0 aliphatic rings. The summed E-state index contributed by atoms with van der Waals surface area (Å²) in [6.45, 7) is 0.0590. The molecule has 0 saturated heterocycles. The predicted octanol–water partition coefficient (Wildman–Crippen LogP) is 4.14. The lowest BCUT2D eigenvalue weighted by Gasteiger charge is -2.13. The number of pyridine rings is 1. The molecule has 11 heteroatoms. The van der Waals surface area contributed by atoms with Gasteiger partial charge in [-0.15, -0.1) is 0 Å². The number of nitrogens with two attached hydrogens (primary N) is 1. The molecule has 0 aliphatic carbocycles. The molecule has 0 unspecified atom stereocenters. The Morgan fingerprint density at radius 2 is 1.76 bits per heavy atom. The molecule has 1 aromatic heterocycles. The smallest absolute Gasteiger partial charge is 0.233 e. The number of anilines is 2. The molecule has 0 radical (unpaired) electrons. The van der Waals surface area contributed by atoms with E-state index in [1.807, 2.05) is 0 Å². The van der Waals surface area contributed by atoms with E-state index in [0.29, 0.717) is 17.8 Å². The first-order valence-electron chi connectivity index (χ1n) is 9.82. The van der Waals surface area contributed by atoms with Crippen LogP contribution in [0.25, 0.3) is 11.1 Å². The third-order valence-electron chi connectivity index (χ3n) is 4.69. The van der Waals surface area contributed by atoms with Gasteiger partial charge in [-0.25, -0.2) is 22.2 Å². The van der Waals surface area contributed by atoms with E-state index in [4.69, 9.17) is 22.1 Å². The van der Waals surface area contributed by atoms with E-state index in [1.54, 1.807) is 49.3 Å². The molecule has 3 N–H and O–H groups in total. The Bertz CT molecular complexity index is 1240. The number of benzene rings is 2. The molecule has 0 atom stereocenters. The Kier molecular flexibility index (Phi) is 7.72. The van der Waals surface area contributed by atoms with Crippen LogP contribution in [0.1, 0.15) is 5.56 Å². The Morgan fingerprint density at radius 1 is 1.09 bits per heavy atom. The highest BCUT2D eigenvalue weighted by atomic mass is 35.5. The molecule has 3 aromatic rings. The summed E-state index contributed by atoms with van der Waals surface area (Å²) in [6, 6.07) is 10.2. The van der Waals surface area contributed by atoms with Crippen LogP contribution in [0.5, 0.6) is 5.75 Å². The molecule has 0 amide bonds. The van der Waals surface area contributed by atoms with Crippen LogP contribution >= 0.6 is 11.6 Å². The highest BCUT2D eigenvalue weighted by molar-refractivity contribution is 7.92. The van der Waals surface area contributed by atoms with Crippen molar-refractivity contribution in [2.24, 2.45) is 0 Å². The molecule has 33 heavy (non-hydrogen) atoms. The fourth-order valence-electron chi connectivity index (χ4n) is 2.84. The van der Waals surface area contributed by atoms with Crippen molar-refractivity contribution in [1.29, 1.82) is 0 Å². The lowest BCUT2D eigenvalue weighted by Crippen LogP contribution is -2.26. The maximum Gasteiger partial charge on any atom is 0.233 e. The fraction of sp³-hybridized carbons (Fsp3) is 0.227. The number of ether oxygens (including phenoxy) is 1. The first-order valence-corrected chi connectivity index (χ1v) is 11.8. The number of hydrogen-bond donors (Lipinski definition) is 2. The van der Waals surface area contributed by atoms with Crippen LogP contribution in [0.4, 0.5) is 20.3 Å². The molecule has 1 heterocycles. The second-order valence-corrected chi connectivity index (χ2v) is 9.74. The number of sulfonamides is 1. The fourth-order valence-corrected chi connectivity index (χ4v) is 4.25. The van der Waals surface area contributed by atoms with Crippen molar-refractivity contribution in [3.05, 3.63) is 70.9 Å². The number of aromatic nitrogens is 1. The summed E-state index contributed by atoms with van der Waals surface area (Å²) >= 11 is 5.83. The second kappa shape index (κ2) is 10.3. The molecule has 0 saturated carbocycles. The molecule has 3 rings (SSSR count). The van der Waals surface area contributed by atoms with Crippen molar-refractivity contribution in [3.63, 3.8) is 0 Å². The maximum atomic E-state index is 14.0. The topological polar surface area (TPSA) is 97.6 Å². The van der Waals surface area contributed by atoms with E-state index in [1.165, 1.54) is 6.20 Å². The van der Waals surface area contributed by atoms with E-state index in [0.717, 1.165) is 17.7 Å². The van der Waals surface area contributed by atoms with Gasteiger partial charge in [0.05, 0.1) is 10.8 Å². The van der Waals surface area contributed by atoms with Crippen molar-refractivity contribution in [2.45, 2.75) is 6.61 Å². The summed E-state index contributed by atoms with van der Waals surface area (Å²) in [7, 11) is 0.124. The Morgan fingerprint density at radius 3 is 2.42 bits per heavy atom. The van der Waals surface area contributed by atoms with Gasteiger partial charge in [-0.1, -0.05) is 23.7 Å². The van der Waals surface area contributed by atoms with Gasteiger partial charge < -0.3 is 15.4 Å². The largest absolute Gasteiger partial charge is 0.485 e. The minimum Gasteiger partial charge on any atom is -0.485 e. The lowest BCUT2D eigenvalue weighted by atomic mass is 10.1. The third-order valence-corrected chi connectivity index (χ3v) is 6.37. The zero-order valence-corrected chi connectivity index (χ0v) is 19.6. The van der Waals surface area contributed by atoms with E-state index in [2.05, 4.69) is 9.71 Å². The quantitative estimate of drug-likeness (QED) is 0.432. The number of halogens is 3. The van der Waals surface area contributed by atoms with Crippen molar-refractivity contribution in [2.75, 3.05) is 36.8 Å². The Labute approximate surface area is 196 Å². The molecule has 0 fully saturated rings. The van der Waals surface area contributed by atoms with Crippen LogP contribution < -0.4 is 15.2 Å². The van der Waals surface area contributed by atoms with Crippen molar-refractivity contribution in [3.8, 4) is 16.9 Å². The molecular weight excluding hydrogens is 474 g/mol. The van der Waals surface area contributed by atoms with E-state index in [-0.39, 0.29) is 34.5 Å². The zero-order chi connectivity index (χ0) is 24.2. The SMILES string of the molecule is CN(C)CCS(=O)(=O)Nc1ccc(-c2cnc(N)c(OCc3c(F)ccc(F)c3Cl)c2)cc1. The Balaban J connectivity index is 1.75. The van der Waals surface area contributed by atoms with Gasteiger partial charge in [-0.3, -0.25) is 4.72 Å². The summed E-state index contributed by atoms with van der Waals surface area (Å²) in [5, 5.41) is -0.360. The van der Waals surface area contributed by atoms with Gasteiger partial charge in [0.2, 0.25) is 10.0 Å². The van der Waals surface area contributed by atoms with Crippen LogP contribution in [0.2, 0.25) is 5.02 Å². The van der Waals surface area contributed by atoms with Gasteiger partial charge in [0.1, 0.15) is 18.2 Å². The average molecular weight is 497 g/mol. The summed E-state index contributed by atoms with van der Waals surface area (Å²) in [5.74, 6) is -1.25. The van der Waals surface area contributed by atoms with Crippen LogP contribution in [0.3, 0.4) is 0 Å². The van der Waals surface area contributed by atoms with Gasteiger partial charge >= 0.3 is 0 Å². The first-order chi connectivity index (χ1) is 15.6. The maximum absolute atomic E-state index is 14.0. The molecule has 2 aromatic carbocycles. The zero-order valence-electron chi connectivity index (χ0n) is 18.0. The minimum atomic E-state index is -3.47. The molecule has 0 bridgehead atoms. The number of nitrogens with zero attached hydrogens (tertiary/aromatic N) is 2. The van der Waals surface area contributed by atoms with Crippen LogP contribution in [0, 0.1) is 11.6 Å². The van der Waals surface area contributed by atoms with E-state index >= 15 is 0 Å². The van der Waals surface area contributed by atoms with Crippen LogP contribution in [0.15, 0.2) is 48.7 Å². The molecule has 7 nitrogen and oxygen atoms in total. The van der Waals surface area contributed by atoms with E-state index in [9.17, 15) is 17.2 Å². The van der Waals surface area contributed by atoms with Crippen LogP contribution in [-0.4, -0.2) is 44.7 Å². The number of nitrogens with one attached hydrogen (secondary N) is 1. The highest BCUT2D eigenvalue weighted by Crippen LogP contribution is 2.30. The van der Waals surface area contributed by atoms with Crippen molar-refractivity contribution in [1.82, 2.24) is 9.88 Å². The van der Waals surface area contributed by atoms with Gasteiger partial charge in [0, 0.05) is 29.6 Å². The number of rotatable bonds is 9. The summed E-state index contributed by atoms with van der Waals surface area (Å²) in [5.41, 5.74) is 7.51. The average Bonchev–Trinajstić information content (AvgIpc) is 2.76.